The van der Waals surface area contributed by atoms with Crippen LogP contribution in [0.4, 0.5) is 5.69 Å². The summed E-state index contributed by atoms with van der Waals surface area (Å²) in [5, 5.41) is 18.7. The number of ether oxygens (including phenoxy) is 2. The molecule has 34 heavy (non-hydrogen) atoms. The van der Waals surface area contributed by atoms with Crippen LogP contribution < -0.4 is 4.74 Å². The number of sulfonamides is 1. The Labute approximate surface area is 197 Å². The summed E-state index contributed by atoms with van der Waals surface area (Å²) in [5.41, 5.74) is 3.71. The molecule has 1 saturated heterocycles. The minimum atomic E-state index is -3.87. The molecule has 8 heteroatoms. The smallest absolute Gasteiger partial charge is 0.375 e. The SMILES string of the molecule is C=[N+](c1ccc(OC)cc1)S(=O)(=O)[C@@H]1C[C@@H]2O[C@H]1C(c1ccc(O)cc1)=C2c1ccc(O)cc1. The molecule has 0 spiro atoms. The summed E-state index contributed by atoms with van der Waals surface area (Å²) >= 11 is 0. The van der Waals surface area contributed by atoms with Gasteiger partial charge in [0, 0.05) is 18.6 Å². The lowest BCUT2D eigenvalue weighted by Crippen LogP contribution is -2.37. The van der Waals surface area contributed by atoms with Crippen LogP contribution in [-0.4, -0.2) is 53.9 Å². The maximum Gasteiger partial charge on any atom is 0.375 e. The molecule has 3 aromatic carbocycles. The van der Waals surface area contributed by atoms with Crippen LogP contribution in [-0.2, 0) is 14.8 Å². The van der Waals surface area contributed by atoms with Gasteiger partial charge in [0.2, 0.25) is 5.69 Å². The van der Waals surface area contributed by atoms with Crippen molar-refractivity contribution in [3.05, 3.63) is 83.9 Å². The second-order valence-corrected chi connectivity index (χ2v) is 10.4. The molecule has 2 bridgehead atoms. The van der Waals surface area contributed by atoms with Crippen molar-refractivity contribution in [2.24, 2.45) is 0 Å². The Bertz CT molecular complexity index is 1380. The molecule has 2 aliphatic rings. The van der Waals surface area contributed by atoms with E-state index in [9.17, 15) is 18.6 Å². The van der Waals surface area contributed by atoms with Crippen molar-refractivity contribution in [1.82, 2.24) is 0 Å². The number of phenolic OH excluding ortho intramolecular Hbond substituents is 2. The summed E-state index contributed by atoms with van der Waals surface area (Å²) in [5.74, 6) is 0.883. The lowest BCUT2D eigenvalue weighted by molar-refractivity contribution is -0.251. The summed E-state index contributed by atoms with van der Waals surface area (Å²) in [7, 11) is -2.33. The first-order valence-corrected chi connectivity index (χ1v) is 12.3. The fourth-order valence-corrected chi connectivity index (χ4v) is 6.37. The van der Waals surface area contributed by atoms with E-state index in [-0.39, 0.29) is 17.9 Å². The molecule has 0 aromatic heterocycles. The van der Waals surface area contributed by atoms with Crippen LogP contribution in [0.2, 0.25) is 0 Å². The predicted molar refractivity (Wildman–Crippen MR) is 129 cm³/mol. The third-order valence-corrected chi connectivity index (χ3v) is 8.43. The first kappa shape index (κ1) is 22.2. The summed E-state index contributed by atoms with van der Waals surface area (Å²) < 4.78 is 39.8. The molecule has 2 aliphatic heterocycles. The zero-order chi connectivity index (χ0) is 24.0. The summed E-state index contributed by atoms with van der Waals surface area (Å²) in [6, 6.07) is 20.1. The Kier molecular flexibility index (Phi) is 5.42. The summed E-state index contributed by atoms with van der Waals surface area (Å²) in [4.78, 5) is 0. The van der Waals surface area contributed by atoms with E-state index in [0.29, 0.717) is 11.4 Å². The van der Waals surface area contributed by atoms with Crippen LogP contribution in [0.25, 0.3) is 11.1 Å². The van der Waals surface area contributed by atoms with Gasteiger partial charge in [-0.25, -0.2) is 0 Å². The normalized spacial score (nSPS) is 21.6. The second-order valence-electron chi connectivity index (χ2n) is 8.33. The zero-order valence-electron chi connectivity index (χ0n) is 18.5. The lowest BCUT2D eigenvalue weighted by Gasteiger charge is -2.23. The van der Waals surface area contributed by atoms with Crippen LogP contribution in [0.5, 0.6) is 17.2 Å². The van der Waals surface area contributed by atoms with E-state index < -0.39 is 27.5 Å². The number of rotatable bonds is 6. The molecule has 3 atom stereocenters. The third kappa shape index (κ3) is 3.65. The number of methoxy groups -OCH3 is 1. The first-order chi connectivity index (χ1) is 16.3. The van der Waals surface area contributed by atoms with Crippen LogP contribution in [0.1, 0.15) is 17.5 Å². The van der Waals surface area contributed by atoms with Crippen LogP contribution in [0, 0.1) is 0 Å². The molecule has 0 amide bonds. The third-order valence-electron chi connectivity index (χ3n) is 6.40. The number of aromatic hydroxyl groups is 2. The van der Waals surface area contributed by atoms with Gasteiger partial charge in [0.15, 0.2) is 12.0 Å². The van der Waals surface area contributed by atoms with E-state index in [1.165, 1.54) is 0 Å². The van der Waals surface area contributed by atoms with E-state index in [1.54, 1.807) is 79.9 Å². The number of nitrogens with zero attached hydrogens (tertiary/aromatic N) is 1. The zero-order valence-corrected chi connectivity index (χ0v) is 19.3. The number of fused-ring (bicyclic) bond motifs is 2. The van der Waals surface area contributed by atoms with Crippen LogP contribution in [0.3, 0.4) is 0 Å². The Morgan fingerprint density at radius 3 is 1.94 bits per heavy atom. The fourth-order valence-electron chi connectivity index (χ4n) is 4.70. The van der Waals surface area contributed by atoms with Crippen molar-refractivity contribution in [2.45, 2.75) is 23.9 Å². The number of phenols is 2. The molecule has 174 valence electrons. The average molecular weight is 479 g/mol. The summed E-state index contributed by atoms with van der Waals surface area (Å²) in [6.45, 7) is 3.83. The topological polar surface area (TPSA) is 96.1 Å². The molecule has 5 rings (SSSR count). The largest absolute Gasteiger partial charge is 0.508 e. The number of benzene rings is 3. The van der Waals surface area contributed by atoms with Crippen molar-refractivity contribution in [1.29, 1.82) is 0 Å². The highest BCUT2D eigenvalue weighted by Gasteiger charge is 2.56. The molecular formula is C26H24NO6S+. The number of hydrogen-bond acceptors (Lipinski definition) is 6. The summed E-state index contributed by atoms with van der Waals surface area (Å²) in [6.07, 6.45) is -0.847. The number of hydrogen-bond donors (Lipinski definition) is 2. The van der Waals surface area contributed by atoms with E-state index in [1.807, 2.05) is 0 Å². The molecule has 1 fully saturated rings. The second kappa shape index (κ2) is 8.30. The molecule has 2 N–H and O–H groups in total. The fraction of sp³-hybridized carbons (Fsp3) is 0.192. The van der Waals surface area contributed by atoms with Gasteiger partial charge in [-0.2, -0.15) is 8.42 Å². The van der Waals surface area contributed by atoms with Gasteiger partial charge in [0.05, 0.1) is 13.2 Å². The molecule has 0 saturated carbocycles. The minimum absolute atomic E-state index is 0.118. The Hall–Kier alpha value is -3.62. The molecular weight excluding hydrogens is 454 g/mol. The highest BCUT2D eigenvalue weighted by Crippen LogP contribution is 2.51. The van der Waals surface area contributed by atoms with Crippen LogP contribution in [0.15, 0.2) is 72.8 Å². The van der Waals surface area contributed by atoms with Gasteiger partial charge in [-0.1, -0.05) is 28.2 Å². The van der Waals surface area contributed by atoms with E-state index in [2.05, 4.69) is 6.72 Å². The Morgan fingerprint density at radius 1 is 0.882 bits per heavy atom. The van der Waals surface area contributed by atoms with E-state index >= 15 is 0 Å². The quantitative estimate of drug-likeness (QED) is 0.412. The van der Waals surface area contributed by atoms with Crippen molar-refractivity contribution in [2.75, 3.05) is 7.11 Å². The molecule has 7 nitrogen and oxygen atoms in total. The van der Waals surface area contributed by atoms with E-state index in [4.69, 9.17) is 9.47 Å². The molecule has 0 unspecified atom stereocenters. The van der Waals surface area contributed by atoms with Gasteiger partial charge < -0.3 is 19.7 Å². The van der Waals surface area contributed by atoms with Crippen molar-refractivity contribution < 1.29 is 32.1 Å². The highest BCUT2D eigenvalue weighted by molar-refractivity contribution is 7.86. The maximum atomic E-state index is 13.7. The lowest BCUT2D eigenvalue weighted by atomic mass is 9.83. The standard InChI is InChI=1S/C26H23NO6S/c1-27(18-7-13-21(32-2)14-8-18)34(30,31)23-15-22-24(16-3-9-19(28)10-4-16)25(26(23)33-22)17-5-11-20(29)12-6-17/h3-14,22-23,26H,1,15H2,2H3,(H-,28,29)/p+1/t22-,23+,26+/m0/s1. The predicted octanol–water partition coefficient (Wildman–Crippen LogP) is 3.93. The van der Waals surface area contributed by atoms with Crippen molar-refractivity contribution in [3.63, 3.8) is 0 Å². The highest BCUT2D eigenvalue weighted by atomic mass is 32.2. The molecule has 3 aromatic rings. The van der Waals surface area contributed by atoms with Crippen LogP contribution >= 0.6 is 0 Å². The Morgan fingerprint density at radius 2 is 1.41 bits per heavy atom. The van der Waals surface area contributed by atoms with Gasteiger partial charge in [0.1, 0.15) is 23.4 Å². The van der Waals surface area contributed by atoms with Gasteiger partial charge >= 0.3 is 10.0 Å². The van der Waals surface area contributed by atoms with Gasteiger partial charge in [-0.15, -0.1) is 0 Å². The van der Waals surface area contributed by atoms with Crippen molar-refractivity contribution in [3.8, 4) is 17.2 Å². The van der Waals surface area contributed by atoms with Gasteiger partial charge in [-0.05, 0) is 58.7 Å². The minimum Gasteiger partial charge on any atom is -0.508 e. The molecule has 0 radical (unpaired) electrons. The van der Waals surface area contributed by atoms with Gasteiger partial charge in [-0.3, -0.25) is 0 Å². The molecule has 2 heterocycles. The first-order valence-electron chi connectivity index (χ1n) is 10.8. The monoisotopic (exact) mass is 478 g/mol. The van der Waals surface area contributed by atoms with Crippen molar-refractivity contribution >= 4 is 33.6 Å². The molecule has 0 aliphatic carbocycles. The maximum absolute atomic E-state index is 13.7. The Balaban J connectivity index is 1.57. The van der Waals surface area contributed by atoms with Gasteiger partial charge in [0.25, 0.3) is 0 Å². The average Bonchev–Trinajstić information content (AvgIpc) is 3.44. The van der Waals surface area contributed by atoms with E-state index in [0.717, 1.165) is 26.3 Å².